The second-order valence-electron chi connectivity index (χ2n) is 9.43. The van der Waals surface area contributed by atoms with E-state index in [4.69, 9.17) is 15.7 Å². The highest BCUT2D eigenvalue weighted by Gasteiger charge is 2.18. The molecule has 1 aromatic carbocycles. The van der Waals surface area contributed by atoms with Crippen molar-refractivity contribution in [3.8, 4) is 0 Å². The van der Waals surface area contributed by atoms with Gasteiger partial charge in [-0.25, -0.2) is 0 Å². The van der Waals surface area contributed by atoms with E-state index in [-0.39, 0.29) is 18.1 Å². The highest BCUT2D eigenvalue weighted by Crippen LogP contribution is 2.29. The van der Waals surface area contributed by atoms with E-state index in [1.54, 1.807) is 18.3 Å². The second kappa shape index (κ2) is 12.8. The summed E-state index contributed by atoms with van der Waals surface area (Å²) in [4.78, 5) is 17.1. The molecule has 6 heteroatoms. The third kappa shape index (κ3) is 7.60. The molecule has 1 heterocycles. The lowest BCUT2D eigenvalue weighted by Gasteiger charge is -2.20. The molecule has 1 aromatic heterocycles. The highest BCUT2D eigenvalue weighted by molar-refractivity contribution is 6.15. The van der Waals surface area contributed by atoms with E-state index in [9.17, 15) is 4.79 Å². The number of aryl methyl sites for hydroxylation is 1. The third-order valence-corrected chi connectivity index (χ3v) is 6.23. The largest absolute Gasteiger partial charge is 0.399 e. The van der Waals surface area contributed by atoms with Gasteiger partial charge in [-0.2, -0.15) is 0 Å². The molecule has 2 aromatic rings. The summed E-state index contributed by atoms with van der Waals surface area (Å²) < 4.78 is 5.15. The minimum absolute atomic E-state index is 0.0654. The average molecular weight is 485 g/mol. The van der Waals surface area contributed by atoms with Crippen LogP contribution in [-0.4, -0.2) is 22.4 Å². The van der Waals surface area contributed by atoms with Crippen molar-refractivity contribution in [3.63, 3.8) is 0 Å². The molecule has 0 saturated heterocycles. The van der Waals surface area contributed by atoms with Crippen LogP contribution in [0.1, 0.15) is 68.0 Å². The Labute approximate surface area is 213 Å². The smallest absolute Gasteiger partial charge is 0.160 e. The Kier molecular flexibility index (Phi) is 9.51. The van der Waals surface area contributed by atoms with Gasteiger partial charge in [0.05, 0.1) is 11.4 Å². The zero-order valence-electron chi connectivity index (χ0n) is 21.3. The first-order chi connectivity index (χ1) is 17.3. The normalized spacial score (nSPS) is 18.2. The van der Waals surface area contributed by atoms with Gasteiger partial charge in [0, 0.05) is 42.1 Å². The molecule has 3 rings (SSSR count). The molecular formula is C30H36N4O2. The number of ketones is 1. The number of nitrogens with two attached hydrogens (primary N) is 1. The predicted molar refractivity (Wildman–Crippen MR) is 148 cm³/mol. The van der Waals surface area contributed by atoms with Gasteiger partial charge in [0.15, 0.2) is 5.78 Å². The number of nitrogens with zero attached hydrogens (tertiary/aromatic N) is 2. The Hall–Kier alpha value is -3.80. The van der Waals surface area contributed by atoms with Crippen LogP contribution >= 0.6 is 0 Å². The number of aliphatic imine (C=N–C) groups is 1. The van der Waals surface area contributed by atoms with E-state index in [1.165, 1.54) is 5.57 Å². The highest BCUT2D eigenvalue weighted by atomic mass is 16.5. The van der Waals surface area contributed by atoms with E-state index in [0.29, 0.717) is 23.6 Å². The summed E-state index contributed by atoms with van der Waals surface area (Å²) in [5.74, 6) is 0.802. The zero-order valence-corrected chi connectivity index (χ0v) is 21.3. The summed E-state index contributed by atoms with van der Waals surface area (Å²) in [6.07, 6.45) is 12.7. The monoisotopic (exact) mass is 484 g/mol. The van der Waals surface area contributed by atoms with Crippen LogP contribution in [0.5, 0.6) is 0 Å². The minimum Gasteiger partial charge on any atom is -0.399 e. The molecule has 0 radical (unpaired) electrons. The summed E-state index contributed by atoms with van der Waals surface area (Å²) in [5.41, 5.74) is 12.8. The van der Waals surface area contributed by atoms with Crippen molar-refractivity contribution in [2.75, 3.05) is 5.73 Å². The Balaban J connectivity index is 1.71. The molecule has 1 aliphatic carbocycles. The van der Waals surface area contributed by atoms with Crippen LogP contribution in [0.2, 0.25) is 0 Å². The van der Waals surface area contributed by atoms with Crippen LogP contribution in [0, 0.1) is 18.3 Å². The number of allylic oxidation sites excluding steroid dienone is 5. The SMILES string of the molecule is C=CN=C(/C1=C\CC(/C=C\C(=O)CC(=N)Cc2cc(C)no2)CCCC1)c1ccc(N)cc1C(=C)C. The van der Waals surface area contributed by atoms with Crippen molar-refractivity contribution in [1.82, 2.24) is 5.16 Å². The molecule has 0 saturated carbocycles. The van der Waals surface area contributed by atoms with Crippen LogP contribution in [0.25, 0.3) is 5.57 Å². The Bertz CT molecular complexity index is 1230. The van der Waals surface area contributed by atoms with Crippen molar-refractivity contribution in [3.05, 3.63) is 90.0 Å². The summed E-state index contributed by atoms with van der Waals surface area (Å²) in [7, 11) is 0. The number of hydrogen-bond donors (Lipinski definition) is 2. The second-order valence-corrected chi connectivity index (χ2v) is 9.43. The standard InChI is InChI=1S/C30H36N4O2/c1-5-33-30(28-15-13-24(31)19-29(28)20(2)3)23-9-7-6-8-22(10-12-23)11-14-26(35)17-25(32)18-27-16-21(4)34-36-27/h5,11-16,19,22,32H,1-2,6-10,17-18,31H2,3-4H3/b14-11-,23-12-,32-25?,33-30?. The molecule has 188 valence electrons. The van der Waals surface area contributed by atoms with Gasteiger partial charge in [-0.3, -0.25) is 9.79 Å². The van der Waals surface area contributed by atoms with Crippen LogP contribution in [0.3, 0.4) is 0 Å². The molecule has 6 nitrogen and oxygen atoms in total. The topological polar surface area (TPSA) is 105 Å². The van der Waals surface area contributed by atoms with Gasteiger partial charge in [0.2, 0.25) is 0 Å². The van der Waals surface area contributed by atoms with Crippen molar-refractivity contribution in [1.29, 1.82) is 5.41 Å². The quantitative estimate of drug-likeness (QED) is 0.219. The average Bonchev–Trinajstić information content (AvgIpc) is 3.21. The lowest BCUT2D eigenvalue weighted by Crippen LogP contribution is -2.11. The van der Waals surface area contributed by atoms with E-state index in [2.05, 4.69) is 29.4 Å². The lowest BCUT2D eigenvalue weighted by molar-refractivity contribution is -0.113. The number of hydrogen-bond acceptors (Lipinski definition) is 6. The minimum atomic E-state index is -0.0654. The van der Waals surface area contributed by atoms with Crippen molar-refractivity contribution in [2.45, 2.75) is 58.8 Å². The number of carbonyl (C=O) groups is 1. The fourth-order valence-corrected chi connectivity index (χ4v) is 4.45. The maximum atomic E-state index is 12.5. The van der Waals surface area contributed by atoms with E-state index >= 15 is 0 Å². The van der Waals surface area contributed by atoms with Crippen molar-refractivity contribution < 1.29 is 9.32 Å². The van der Waals surface area contributed by atoms with Gasteiger partial charge >= 0.3 is 0 Å². The first-order valence-corrected chi connectivity index (χ1v) is 12.4. The molecule has 1 atom stereocenters. The molecule has 0 amide bonds. The number of aromatic nitrogens is 1. The van der Waals surface area contributed by atoms with Gasteiger partial charge in [0.1, 0.15) is 5.76 Å². The predicted octanol–water partition coefficient (Wildman–Crippen LogP) is 6.82. The molecule has 1 aliphatic rings. The van der Waals surface area contributed by atoms with Crippen LogP contribution in [0.15, 0.2) is 76.9 Å². The summed E-state index contributed by atoms with van der Waals surface area (Å²) in [6.45, 7) is 11.8. The Morgan fingerprint density at radius 3 is 2.81 bits per heavy atom. The van der Waals surface area contributed by atoms with Crippen LogP contribution < -0.4 is 5.73 Å². The molecule has 3 N–H and O–H groups in total. The van der Waals surface area contributed by atoms with E-state index in [0.717, 1.165) is 60.2 Å². The summed E-state index contributed by atoms with van der Waals surface area (Å²) in [5, 5.41) is 12.0. The first kappa shape index (κ1) is 26.8. The molecular weight excluding hydrogens is 448 g/mol. The van der Waals surface area contributed by atoms with Crippen molar-refractivity contribution in [2.24, 2.45) is 10.9 Å². The summed E-state index contributed by atoms with van der Waals surface area (Å²) in [6, 6.07) is 7.63. The maximum absolute atomic E-state index is 12.5. The van der Waals surface area contributed by atoms with Crippen molar-refractivity contribution >= 4 is 28.5 Å². The molecule has 0 spiro atoms. The molecule has 0 aliphatic heterocycles. The molecule has 0 bridgehead atoms. The number of rotatable bonds is 10. The van der Waals surface area contributed by atoms with Gasteiger partial charge in [-0.1, -0.05) is 48.5 Å². The van der Waals surface area contributed by atoms with E-state index < -0.39 is 0 Å². The number of benzene rings is 1. The Morgan fingerprint density at radius 2 is 2.11 bits per heavy atom. The number of nitrogen functional groups attached to an aromatic ring is 1. The fourth-order valence-electron chi connectivity index (χ4n) is 4.45. The third-order valence-electron chi connectivity index (χ3n) is 6.23. The Morgan fingerprint density at radius 1 is 1.31 bits per heavy atom. The fraction of sp³-hybridized carbons (Fsp3) is 0.333. The van der Waals surface area contributed by atoms with Gasteiger partial charge in [0.25, 0.3) is 0 Å². The van der Waals surface area contributed by atoms with Gasteiger partial charge in [-0.15, -0.1) is 0 Å². The lowest BCUT2D eigenvalue weighted by atomic mass is 9.86. The van der Waals surface area contributed by atoms with Crippen LogP contribution in [-0.2, 0) is 11.2 Å². The van der Waals surface area contributed by atoms with Crippen LogP contribution in [0.4, 0.5) is 5.69 Å². The summed E-state index contributed by atoms with van der Waals surface area (Å²) >= 11 is 0. The van der Waals surface area contributed by atoms with Gasteiger partial charge in [-0.05, 0) is 74.8 Å². The van der Waals surface area contributed by atoms with Gasteiger partial charge < -0.3 is 15.7 Å². The molecule has 0 fully saturated rings. The number of carbonyl (C=O) groups excluding carboxylic acids is 1. The zero-order chi connectivity index (χ0) is 26.1. The molecule has 36 heavy (non-hydrogen) atoms. The first-order valence-electron chi connectivity index (χ1n) is 12.4. The number of nitrogens with one attached hydrogen (secondary N) is 1. The molecule has 1 unspecified atom stereocenters. The van der Waals surface area contributed by atoms with E-state index in [1.807, 2.05) is 38.1 Å². The maximum Gasteiger partial charge on any atom is 0.160 e. The number of anilines is 1.